The quantitative estimate of drug-likeness (QED) is 0.529. The van der Waals surface area contributed by atoms with Gasteiger partial charge in [0.1, 0.15) is 0 Å². The van der Waals surface area contributed by atoms with Crippen LogP contribution in [0, 0.1) is 5.82 Å². The summed E-state index contributed by atoms with van der Waals surface area (Å²) in [5.74, 6) is 1.01. The molecule has 1 heterocycles. The summed E-state index contributed by atoms with van der Waals surface area (Å²) in [7, 11) is 4.56. The smallest absolute Gasteiger partial charge is 0.229 e. The van der Waals surface area contributed by atoms with Gasteiger partial charge in [0.25, 0.3) is 0 Å². The minimum atomic E-state index is -0.590. The second kappa shape index (κ2) is 8.30. The number of aromatic nitrogens is 2. The van der Waals surface area contributed by atoms with Gasteiger partial charge in [-0.25, -0.2) is 9.37 Å². The molecule has 9 heteroatoms. The van der Waals surface area contributed by atoms with Crippen LogP contribution in [0.4, 0.5) is 33.2 Å². The molecule has 0 atom stereocenters. The van der Waals surface area contributed by atoms with Gasteiger partial charge in [0, 0.05) is 29.2 Å². The highest BCUT2D eigenvalue weighted by molar-refractivity contribution is 5.67. The number of anilines is 5. The molecular formula is C19H20FN5O3. The lowest BCUT2D eigenvalue weighted by molar-refractivity contribution is 0.324. The van der Waals surface area contributed by atoms with Crippen molar-refractivity contribution in [3.63, 3.8) is 0 Å². The van der Waals surface area contributed by atoms with Crippen LogP contribution in [0.1, 0.15) is 0 Å². The van der Waals surface area contributed by atoms with Gasteiger partial charge in [0.05, 0.1) is 27.5 Å². The van der Waals surface area contributed by atoms with E-state index >= 15 is 0 Å². The Hall–Kier alpha value is -3.75. The van der Waals surface area contributed by atoms with Crippen molar-refractivity contribution in [2.75, 3.05) is 37.7 Å². The Bertz CT molecular complexity index is 941. The van der Waals surface area contributed by atoms with Gasteiger partial charge in [-0.05, 0) is 24.3 Å². The van der Waals surface area contributed by atoms with Crippen LogP contribution in [-0.4, -0.2) is 31.3 Å². The molecule has 0 saturated carbocycles. The number of nitrogen functional groups attached to an aromatic ring is 1. The fraction of sp³-hybridized carbons (Fsp3) is 0.158. The number of halogens is 1. The fourth-order valence-electron chi connectivity index (χ4n) is 2.50. The third kappa shape index (κ3) is 4.14. The molecule has 0 bridgehead atoms. The molecule has 3 aromatic rings. The van der Waals surface area contributed by atoms with E-state index in [1.165, 1.54) is 21.3 Å². The molecule has 4 N–H and O–H groups in total. The van der Waals surface area contributed by atoms with E-state index in [9.17, 15) is 4.39 Å². The van der Waals surface area contributed by atoms with Crippen molar-refractivity contribution in [1.29, 1.82) is 0 Å². The highest BCUT2D eigenvalue weighted by atomic mass is 19.1. The number of methoxy groups -OCH3 is 3. The molecule has 0 aliphatic rings. The molecule has 0 radical (unpaired) electrons. The molecule has 0 saturated heterocycles. The molecule has 3 rings (SSSR count). The Morgan fingerprint density at radius 3 is 2.11 bits per heavy atom. The highest BCUT2D eigenvalue weighted by Gasteiger charge is 2.14. The van der Waals surface area contributed by atoms with E-state index in [0.29, 0.717) is 34.3 Å². The average molecular weight is 385 g/mol. The van der Waals surface area contributed by atoms with Crippen LogP contribution in [0.25, 0.3) is 0 Å². The van der Waals surface area contributed by atoms with Crippen molar-refractivity contribution in [3.05, 3.63) is 48.4 Å². The number of hydrogen-bond donors (Lipinski definition) is 3. The number of nitrogens with two attached hydrogens (primary N) is 1. The third-order valence-electron chi connectivity index (χ3n) is 3.84. The Morgan fingerprint density at radius 1 is 0.893 bits per heavy atom. The number of rotatable bonds is 7. The van der Waals surface area contributed by atoms with Crippen molar-refractivity contribution >= 4 is 28.8 Å². The number of benzene rings is 2. The lowest BCUT2D eigenvalue weighted by Gasteiger charge is -2.15. The van der Waals surface area contributed by atoms with Crippen molar-refractivity contribution in [2.45, 2.75) is 0 Å². The molecule has 0 unspecified atom stereocenters. The van der Waals surface area contributed by atoms with Gasteiger partial charge >= 0.3 is 0 Å². The molecule has 2 aromatic carbocycles. The summed E-state index contributed by atoms with van der Waals surface area (Å²) in [5, 5.41) is 5.90. The van der Waals surface area contributed by atoms with Gasteiger partial charge < -0.3 is 30.6 Å². The number of ether oxygens (including phenoxy) is 3. The molecule has 0 spiro atoms. The average Bonchev–Trinajstić information content (AvgIpc) is 2.71. The van der Waals surface area contributed by atoms with Crippen molar-refractivity contribution in [1.82, 2.24) is 9.97 Å². The minimum Gasteiger partial charge on any atom is -0.493 e. The maximum absolute atomic E-state index is 14.1. The molecule has 28 heavy (non-hydrogen) atoms. The summed E-state index contributed by atoms with van der Waals surface area (Å²) < 4.78 is 30.0. The summed E-state index contributed by atoms with van der Waals surface area (Å²) in [5.41, 5.74) is 7.50. The van der Waals surface area contributed by atoms with Crippen LogP contribution in [0.15, 0.2) is 42.6 Å². The standard InChI is InChI=1S/C19H20FN5O3/c1-26-15-8-13(9-16(27-2)17(15)28-3)24-19-22-10-14(20)18(25-19)23-12-6-4-11(21)5-7-12/h4-10H,21H2,1-3H3,(H2,22,23,24,25). The molecule has 0 fully saturated rings. The molecule has 1 aromatic heterocycles. The lowest BCUT2D eigenvalue weighted by atomic mass is 10.2. The Labute approximate surface area is 161 Å². The first kappa shape index (κ1) is 19.0. The summed E-state index contributed by atoms with van der Waals surface area (Å²) in [6.07, 6.45) is 1.08. The van der Waals surface area contributed by atoms with Gasteiger partial charge in [0.15, 0.2) is 23.1 Å². The molecule has 0 amide bonds. The summed E-state index contributed by atoms with van der Waals surface area (Å²) in [6, 6.07) is 10.3. The predicted molar refractivity (Wildman–Crippen MR) is 106 cm³/mol. The van der Waals surface area contributed by atoms with Crippen molar-refractivity contribution in [3.8, 4) is 17.2 Å². The highest BCUT2D eigenvalue weighted by Crippen LogP contribution is 2.40. The van der Waals surface area contributed by atoms with E-state index in [4.69, 9.17) is 19.9 Å². The van der Waals surface area contributed by atoms with Crippen LogP contribution in [0.3, 0.4) is 0 Å². The van der Waals surface area contributed by atoms with Crippen LogP contribution in [0.2, 0.25) is 0 Å². The normalized spacial score (nSPS) is 10.3. The minimum absolute atomic E-state index is 0.0229. The van der Waals surface area contributed by atoms with Crippen LogP contribution in [-0.2, 0) is 0 Å². The number of hydrogen-bond acceptors (Lipinski definition) is 8. The SMILES string of the molecule is COc1cc(Nc2ncc(F)c(Nc3ccc(N)cc3)n2)cc(OC)c1OC. The molecule has 8 nitrogen and oxygen atoms in total. The van der Waals surface area contributed by atoms with E-state index < -0.39 is 5.82 Å². The van der Waals surface area contributed by atoms with Gasteiger partial charge in [-0.2, -0.15) is 4.98 Å². The van der Waals surface area contributed by atoms with Gasteiger partial charge in [-0.3, -0.25) is 0 Å². The van der Waals surface area contributed by atoms with Crippen LogP contribution >= 0.6 is 0 Å². The zero-order valence-corrected chi connectivity index (χ0v) is 15.6. The zero-order valence-electron chi connectivity index (χ0n) is 15.6. The van der Waals surface area contributed by atoms with Crippen molar-refractivity contribution in [2.24, 2.45) is 0 Å². The third-order valence-corrected chi connectivity index (χ3v) is 3.84. The summed E-state index contributed by atoms with van der Waals surface area (Å²) in [6.45, 7) is 0. The second-order valence-electron chi connectivity index (χ2n) is 5.68. The Kier molecular flexibility index (Phi) is 5.64. The van der Waals surface area contributed by atoms with E-state index in [1.807, 2.05) is 0 Å². The van der Waals surface area contributed by atoms with E-state index in [0.717, 1.165) is 6.20 Å². The van der Waals surface area contributed by atoms with Gasteiger partial charge in [-0.1, -0.05) is 0 Å². The number of nitrogens with one attached hydrogen (secondary N) is 2. The summed E-state index contributed by atoms with van der Waals surface area (Å²) >= 11 is 0. The first-order chi connectivity index (χ1) is 13.5. The van der Waals surface area contributed by atoms with Gasteiger partial charge in [0.2, 0.25) is 11.7 Å². The molecule has 146 valence electrons. The fourth-order valence-corrected chi connectivity index (χ4v) is 2.50. The Morgan fingerprint density at radius 2 is 1.54 bits per heavy atom. The maximum atomic E-state index is 14.1. The monoisotopic (exact) mass is 385 g/mol. The largest absolute Gasteiger partial charge is 0.493 e. The first-order valence-electron chi connectivity index (χ1n) is 8.26. The zero-order chi connectivity index (χ0) is 20.1. The van der Waals surface area contributed by atoms with Crippen molar-refractivity contribution < 1.29 is 18.6 Å². The Balaban J connectivity index is 1.88. The van der Waals surface area contributed by atoms with E-state index in [2.05, 4.69) is 20.6 Å². The van der Waals surface area contributed by atoms with E-state index in [1.54, 1.807) is 36.4 Å². The topological polar surface area (TPSA) is 104 Å². The van der Waals surface area contributed by atoms with Crippen LogP contribution in [0.5, 0.6) is 17.2 Å². The molecule has 0 aliphatic carbocycles. The lowest BCUT2D eigenvalue weighted by Crippen LogP contribution is -2.04. The second-order valence-corrected chi connectivity index (χ2v) is 5.68. The maximum Gasteiger partial charge on any atom is 0.229 e. The first-order valence-corrected chi connectivity index (χ1v) is 8.26. The predicted octanol–water partition coefficient (Wildman–Crippen LogP) is 3.71. The van der Waals surface area contributed by atoms with E-state index in [-0.39, 0.29) is 11.8 Å². The molecular weight excluding hydrogens is 365 g/mol. The number of nitrogens with zero attached hydrogens (tertiary/aromatic N) is 2. The summed E-state index contributed by atoms with van der Waals surface area (Å²) in [4.78, 5) is 8.16. The molecule has 0 aliphatic heterocycles. The van der Waals surface area contributed by atoms with Crippen LogP contribution < -0.4 is 30.6 Å². The van der Waals surface area contributed by atoms with Gasteiger partial charge in [-0.15, -0.1) is 0 Å².